The summed E-state index contributed by atoms with van der Waals surface area (Å²) in [4.78, 5) is 0. The summed E-state index contributed by atoms with van der Waals surface area (Å²) in [5, 5.41) is 12.5. The molecular formula is C14H21ClN2O2. The van der Waals surface area contributed by atoms with Crippen molar-refractivity contribution in [2.24, 2.45) is 10.9 Å². The number of hydrogen-bond acceptors (Lipinski definition) is 3. The van der Waals surface area contributed by atoms with E-state index < -0.39 is 6.10 Å². The Balaban J connectivity index is 3.10. The van der Waals surface area contributed by atoms with Gasteiger partial charge in [0.25, 0.3) is 0 Å². The van der Waals surface area contributed by atoms with E-state index >= 15 is 0 Å². The second kappa shape index (κ2) is 6.66. The van der Waals surface area contributed by atoms with Gasteiger partial charge in [-0.15, -0.1) is 0 Å². The van der Waals surface area contributed by atoms with Gasteiger partial charge in [0, 0.05) is 5.02 Å². The zero-order chi connectivity index (χ0) is 14.6. The highest BCUT2D eigenvalue weighted by atomic mass is 35.5. The second-order valence-electron chi connectivity index (χ2n) is 4.83. The van der Waals surface area contributed by atoms with Crippen LogP contribution >= 0.6 is 11.6 Å². The fraction of sp³-hybridized carbons (Fsp3) is 0.500. The zero-order valence-corrected chi connectivity index (χ0v) is 12.5. The molecule has 0 aliphatic rings. The first-order valence-corrected chi connectivity index (χ1v) is 6.72. The number of rotatable bonds is 5. The molecule has 0 saturated heterocycles. The van der Waals surface area contributed by atoms with Gasteiger partial charge < -0.3 is 15.7 Å². The van der Waals surface area contributed by atoms with Gasteiger partial charge in [0.15, 0.2) is 11.9 Å². The topological polar surface area (TPSA) is 67.8 Å². The Kier molecular flexibility index (Phi) is 5.48. The predicted octanol–water partition coefficient (Wildman–Crippen LogP) is 3.68. The van der Waals surface area contributed by atoms with Gasteiger partial charge in [-0.1, -0.05) is 37.5 Å². The van der Waals surface area contributed by atoms with Crippen molar-refractivity contribution in [3.05, 3.63) is 28.3 Å². The first-order valence-electron chi connectivity index (χ1n) is 6.34. The third-order valence-corrected chi connectivity index (χ3v) is 3.33. The number of benzene rings is 1. The summed E-state index contributed by atoms with van der Waals surface area (Å²) in [7, 11) is 0. The van der Waals surface area contributed by atoms with Gasteiger partial charge >= 0.3 is 0 Å². The van der Waals surface area contributed by atoms with Crippen LogP contribution in [0.2, 0.25) is 5.02 Å². The highest BCUT2D eigenvalue weighted by Crippen LogP contribution is 2.32. The Morgan fingerprint density at radius 2 is 2.11 bits per heavy atom. The van der Waals surface area contributed by atoms with Crippen molar-refractivity contribution in [3.63, 3.8) is 0 Å². The van der Waals surface area contributed by atoms with E-state index in [2.05, 4.69) is 19.0 Å². The average molecular weight is 285 g/mol. The highest BCUT2D eigenvalue weighted by Gasteiger charge is 2.17. The van der Waals surface area contributed by atoms with E-state index in [1.54, 1.807) is 0 Å². The predicted molar refractivity (Wildman–Crippen MR) is 78.4 cm³/mol. The summed E-state index contributed by atoms with van der Waals surface area (Å²) in [5.41, 5.74) is 7.56. The van der Waals surface area contributed by atoms with Crippen LogP contribution in [0, 0.1) is 6.92 Å². The van der Waals surface area contributed by atoms with Crippen molar-refractivity contribution < 1.29 is 9.94 Å². The minimum absolute atomic E-state index is 0.0722. The molecule has 1 unspecified atom stereocenters. The summed E-state index contributed by atoms with van der Waals surface area (Å²) < 4.78 is 5.82. The lowest BCUT2D eigenvalue weighted by atomic mass is 10.0. The molecule has 0 amide bonds. The number of aryl methyl sites for hydroxylation is 1. The van der Waals surface area contributed by atoms with Crippen LogP contribution < -0.4 is 10.5 Å². The van der Waals surface area contributed by atoms with Crippen molar-refractivity contribution in [3.8, 4) is 5.75 Å². The SMILES string of the molecule is CCC(Oc1cc(C(C)C)c(Cl)cc1C)C(N)=NO. The van der Waals surface area contributed by atoms with Crippen LogP contribution in [-0.4, -0.2) is 17.1 Å². The van der Waals surface area contributed by atoms with E-state index in [9.17, 15) is 0 Å². The molecule has 4 nitrogen and oxygen atoms in total. The lowest BCUT2D eigenvalue weighted by Crippen LogP contribution is -2.33. The van der Waals surface area contributed by atoms with Gasteiger partial charge in [0.1, 0.15) is 5.75 Å². The molecule has 106 valence electrons. The monoisotopic (exact) mass is 284 g/mol. The molecule has 3 N–H and O–H groups in total. The summed E-state index contributed by atoms with van der Waals surface area (Å²) in [6, 6.07) is 3.81. The van der Waals surface area contributed by atoms with Crippen molar-refractivity contribution in [1.29, 1.82) is 0 Å². The minimum atomic E-state index is -0.440. The molecule has 1 aromatic rings. The maximum atomic E-state index is 8.73. The third-order valence-electron chi connectivity index (χ3n) is 3.00. The van der Waals surface area contributed by atoms with E-state index in [-0.39, 0.29) is 5.84 Å². The molecule has 0 bridgehead atoms. The molecule has 0 aromatic heterocycles. The second-order valence-corrected chi connectivity index (χ2v) is 5.24. The standard InChI is InChI=1S/C14H21ClN2O2/c1-5-12(14(16)17-18)19-13-7-10(8(2)3)11(15)6-9(13)4/h6-8,12,18H,5H2,1-4H3,(H2,16,17). The number of nitrogens with zero attached hydrogens (tertiary/aromatic N) is 1. The Morgan fingerprint density at radius 1 is 1.47 bits per heavy atom. The smallest absolute Gasteiger partial charge is 0.180 e. The Labute approximate surface area is 119 Å². The van der Waals surface area contributed by atoms with Gasteiger partial charge in [-0.25, -0.2) is 0 Å². The first kappa shape index (κ1) is 15.6. The number of ether oxygens (including phenoxy) is 1. The maximum absolute atomic E-state index is 8.73. The molecule has 0 saturated carbocycles. The van der Waals surface area contributed by atoms with Crippen LogP contribution in [0.1, 0.15) is 44.2 Å². The molecular weight excluding hydrogens is 264 g/mol. The molecule has 0 heterocycles. The summed E-state index contributed by atoms with van der Waals surface area (Å²) in [5.74, 6) is 1.09. The zero-order valence-electron chi connectivity index (χ0n) is 11.8. The van der Waals surface area contributed by atoms with Crippen LogP contribution in [-0.2, 0) is 0 Å². The maximum Gasteiger partial charge on any atom is 0.180 e. The largest absolute Gasteiger partial charge is 0.482 e. The highest BCUT2D eigenvalue weighted by molar-refractivity contribution is 6.31. The van der Waals surface area contributed by atoms with Gasteiger partial charge in [-0.05, 0) is 42.5 Å². The number of halogens is 1. The Morgan fingerprint density at radius 3 is 2.58 bits per heavy atom. The van der Waals surface area contributed by atoms with Gasteiger partial charge in [0.05, 0.1) is 0 Å². The van der Waals surface area contributed by atoms with Crippen LogP contribution in [0.4, 0.5) is 0 Å². The van der Waals surface area contributed by atoms with E-state index in [0.717, 1.165) is 16.1 Å². The van der Waals surface area contributed by atoms with Crippen molar-refractivity contribution in [2.75, 3.05) is 0 Å². The molecule has 0 spiro atoms. The number of nitrogens with two attached hydrogens (primary N) is 1. The lowest BCUT2D eigenvalue weighted by molar-refractivity contribution is 0.245. The van der Waals surface area contributed by atoms with Crippen LogP contribution in [0.5, 0.6) is 5.75 Å². The third kappa shape index (κ3) is 3.77. The fourth-order valence-corrected chi connectivity index (χ4v) is 2.24. The van der Waals surface area contributed by atoms with Crippen molar-refractivity contribution in [2.45, 2.75) is 46.1 Å². The molecule has 0 aliphatic carbocycles. The average Bonchev–Trinajstić information content (AvgIpc) is 2.36. The van der Waals surface area contributed by atoms with E-state index in [1.807, 2.05) is 26.0 Å². The summed E-state index contributed by atoms with van der Waals surface area (Å²) in [6.07, 6.45) is 0.180. The Bertz CT molecular complexity index is 473. The molecule has 0 fully saturated rings. The number of hydrogen-bond donors (Lipinski definition) is 2. The molecule has 0 radical (unpaired) electrons. The van der Waals surface area contributed by atoms with Crippen molar-refractivity contribution in [1.82, 2.24) is 0 Å². The molecule has 1 rings (SSSR count). The number of amidine groups is 1. The van der Waals surface area contributed by atoms with Gasteiger partial charge in [-0.3, -0.25) is 0 Å². The van der Waals surface area contributed by atoms with E-state index in [1.165, 1.54) is 0 Å². The quantitative estimate of drug-likeness (QED) is 0.375. The van der Waals surface area contributed by atoms with Gasteiger partial charge in [-0.2, -0.15) is 0 Å². The van der Waals surface area contributed by atoms with Crippen LogP contribution in [0.25, 0.3) is 0 Å². The molecule has 1 aromatic carbocycles. The van der Waals surface area contributed by atoms with Gasteiger partial charge in [0.2, 0.25) is 0 Å². The molecule has 5 heteroatoms. The molecule has 19 heavy (non-hydrogen) atoms. The van der Waals surface area contributed by atoms with Crippen LogP contribution in [0.15, 0.2) is 17.3 Å². The summed E-state index contributed by atoms with van der Waals surface area (Å²) in [6.45, 7) is 7.98. The van der Waals surface area contributed by atoms with E-state index in [0.29, 0.717) is 18.1 Å². The minimum Gasteiger partial charge on any atom is -0.482 e. The number of oxime groups is 1. The fourth-order valence-electron chi connectivity index (χ4n) is 1.81. The normalized spacial score (nSPS) is 13.7. The van der Waals surface area contributed by atoms with Crippen LogP contribution in [0.3, 0.4) is 0 Å². The van der Waals surface area contributed by atoms with E-state index in [4.69, 9.17) is 27.3 Å². The Hall–Kier alpha value is -1.42. The first-order chi connectivity index (χ1) is 8.90. The molecule has 1 atom stereocenters. The lowest BCUT2D eigenvalue weighted by Gasteiger charge is -2.19. The summed E-state index contributed by atoms with van der Waals surface area (Å²) >= 11 is 6.21. The molecule has 0 aliphatic heterocycles. The van der Waals surface area contributed by atoms with Crippen molar-refractivity contribution >= 4 is 17.4 Å².